The average Bonchev–Trinajstić information content (AvgIpc) is 3.08. The van der Waals surface area contributed by atoms with Crippen LogP contribution in [-0.2, 0) is 6.42 Å². The van der Waals surface area contributed by atoms with E-state index in [2.05, 4.69) is 57.7 Å². The molecule has 1 aliphatic heterocycles. The summed E-state index contributed by atoms with van der Waals surface area (Å²) in [5, 5.41) is 5.17. The molecule has 0 radical (unpaired) electrons. The SMILES string of the molecule is CN1CC(Nc2ccc(OC(C)(C)C)nc2)C[C@@H]2c3cccc4[nH]cc(c34)C[C@H]21. The Morgan fingerprint density at radius 1 is 1.21 bits per heavy atom. The molecule has 2 aromatic heterocycles. The van der Waals surface area contributed by atoms with E-state index in [0.29, 0.717) is 23.9 Å². The topological polar surface area (TPSA) is 53.2 Å². The first-order valence-corrected chi connectivity index (χ1v) is 10.6. The van der Waals surface area contributed by atoms with Gasteiger partial charge in [-0.3, -0.25) is 0 Å². The molecule has 152 valence electrons. The molecule has 1 saturated heterocycles. The maximum Gasteiger partial charge on any atom is 0.213 e. The predicted molar refractivity (Wildman–Crippen MR) is 118 cm³/mol. The third-order valence-electron chi connectivity index (χ3n) is 6.24. The van der Waals surface area contributed by atoms with Gasteiger partial charge in [0.25, 0.3) is 0 Å². The summed E-state index contributed by atoms with van der Waals surface area (Å²) in [6.45, 7) is 7.15. The van der Waals surface area contributed by atoms with E-state index in [-0.39, 0.29) is 5.60 Å². The van der Waals surface area contributed by atoms with E-state index < -0.39 is 0 Å². The van der Waals surface area contributed by atoms with Crippen LogP contribution in [-0.4, -0.2) is 46.1 Å². The van der Waals surface area contributed by atoms with E-state index >= 15 is 0 Å². The first-order valence-electron chi connectivity index (χ1n) is 10.6. The van der Waals surface area contributed by atoms with Crippen molar-refractivity contribution in [3.05, 3.63) is 53.9 Å². The largest absolute Gasteiger partial charge is 0.472 e. The Morgan fingerprint density at radius 3 is 2.83 bits per heavy atom. The number of pyridine rings is 1. The second-order valence-electron chi connectivity index (χ2n) is 9.58. The van der Waals surface area contributed by atoms with Crippen molar-refractivity contribution in [1.29, 1.82) is 0 Å². The number of hydrogen-bond acceptors (Lipinski definition) is 4. The van der Waals surface area contributed by atoms with Crippen LogP contribution >= 0.6 is 0 Å². The molecule has 5 heteroatoms. The molecule has 29 heavy (non-hydrogen) atoms. The van der Waals surface area contributed by atoms with Gasteiger partial charge in [-0.2, -0.15) is 0 Å². The second-order valence-corrected chi connectivity index (χ2v) is 9.58. The Hall–Kier alpha value is -2.53. The van der Waals surface area contributed by atoms with Crippen LogP contribution in [0.3, 0.4) is 0 Å². The van der Waals surface area contributed by atoms with Gasteiger partial charge in [-0.1, -0.05) is 12.1 Å². The molecule has 1 aromatic carbocycles. The molecule has 3 atom stereocenters. The zero-order valence-corrected chi connectivity index (χ0v) is 17.7. The van der Waals surface area contributed by atoms with Crippen LogP contribution in [0.25, 0.3) is 10.9 Å². The highest BCUT2D eigenvalue weighted by Crippen LogP contribution is 2.43. The lowest BCUT2D eigenvalue weighted by molar-refractivity contribution is 0.124. The van der Waals surface area contributed by atoms with Crippen molar-refractivity contribution >= 4 is 16.6 Å². The highest BCUT2D eigenvalue weighted by atomic mass is 16.5. The Morgan fingerprint density at radius 2 is 2.07 bits per heavy atom. The number of likely N-dealkylation sites (N-methyl/N-ethyl adjacent to an activating group) is 1. The van der Waals surface area contributed by atoms with E-state index in [1.807, 2.05) is 33.0 Å². The number of piperidine rings is 1. The second kappa shape index (κ2) is 6.77. The van der Waals surface area contributed by atoms with Gasteiger partial charge in [0.2, 0.25) is 5.88 Å². The normalized spacial score (nSPS) is 24.3. The number of hydrogen-bond donors (Lipinski definition) is 2. The number of fused-ring (bicyclic) bond motifs is 2. The van der Waals surface area contributed by atoms with Gasteiger partial charge < -0.3 is 19.9 Å². The fraction of sp³-hybridized carbons (Fsp3) is 0.458. The first kappa shape index (κ1) is 18.5. The van der Waals surface area contributed by atoms with E-state index in [0.717, 1.165) is 25.1 Å². The molecule has 5 rings (SSSR count). The molecular formula is C24H30N4O. The third kappa shape index (κ3) is 3.48. The smallest absolute Gasteiger partial charge is 0.213 e. The van der Waals surface area contributed by atoms with Crippen LogP contribution in [0.1, 0.15) is 44.2 Å². The van der Waals surface area contributed by atoms with Crippen LogP contribution in [0.4, 0.5) is 5.69 Å². The van der Waals surface area contributed by atoms with Gasteiger partial charge in [-0.05, 0) is 63.9 Å². The highest BCUT2D eigenvalue weighted by Gasteiger charge is 2.39. The summed E-state index contributed by atoms with van der Waals surface area (Å²) < 4.78 is 5.84. The van der Waals surface area contributed by atoms with Gasteiger partial charge in [-0.15, -0.1) is 0 Å². The van der Waals surface area contributed by atoms with Crippen molar-refractivity contribution in [2.45, 2.75) is 57.2 Å². The zero-order valence-electron chi connectivity index (χ0n) is 17.7. The lowest BCUT2D eigenvalue weighted by atomic mass is 9.74. The summed E-state index contributed by atoms with van der Waals surface area (Å²) >= 11 is 0. The van der Waals surface area contributed by atoms with Gasteiger partial charge >= 0.3 is 0 Å². The van der Waals surface area contributed by atoms with Gasteiger partial charge in [0.05, 0.1) is 11.9 Å². The van der Waals surface area contributed by atoms with Crippen molar-refractivity contribution in [3.63, 3.8) is 0 Å². The van der Waals surface area contributed by atoms with Crippen molar-refractivity contribution in [1.82, 2.24) is 14.9 Å². The standard InChI is InChI=1S/C24H30N4O/c1-24(2,3)29-22-9-8-16(13-26-22)27-17-11-19-18-6-5-7-20-23(18)15(12-25-20)10-21(19)28(4)14-17/h5-9,12-13,17,19,21,25,27H,10-11,14H2,1-4H3/t17?,19-,21-/m1/s1. The van der Waals surface area contributed by atoms with Crippen molar-refractivity contribution in [2.75, 3.05) is 18.9 Å². The van der Waals surface area contributed by atoms with Crippen molar-refractivity contribution in [2.24, 2.45) is 0 Å². The zero-order chi connectivity index (χ0) is 20.2. The molecule has 3 heterocycles. The Balaban J connectivity index is 1.35. The summed E-state index contributed by atoms with van der Waals surface area (Å²) in [4.78, 5) is 10.5. The van der Waals surface area contributed by atoms with E-state index in [4.69, 9.17) is 4.74 Å². The summed E-state index contributed by atoms with van der Waals surface area (Å²) in [6, 6.07) is 11.7. The number of anilines is 1. The predicted octanol–water partition coefficient (Wildman–Crippen LogP) is 4.56. The van der Waals surface area contributed by atoms with Crippen LogP contribution in [0.5, 0.6) is 5.88 Å². The summed E-state index contributed by atoms with van der Waals surface area (Å²) in [7, 11) is 2.27. The molecule has 0 amide bonds. The van der Waals surface area contributed by atoms with Crippen LogP contribution in [0, 0.1) is 0 Å². The molecule has 0 saturated carbocycles. The van der Waals surface area contributed by atoms with Gasteiger partial charge in [0, 0.05) is 47.7 Å². The number of nitrogens with zero attached hydrogens (tertiary/aromatic N) is 2. The lowest BCUT2D eigenvalue weighted by Crippen LogP contribution is -2.51. The Bertz CT molecular complexity index is 1020. The van der Waals surface area contributed by atoms with Crippen LogP contribution in [0.15, 0.2) is 42.7 Å². The molecule has 2 aliphatic rings. The van der Waals surface area contributed by atoms with Gasteiger partial charge in [0.15, 0.2) is 0 Å². The molecule has 1 aliphatic carbocycles. The number of ether oxygens (including phenoxy) is 1. The number of aromatic nitrogens is 2. The van der Waals surface area contributed by atoms with Crippen molar-refractivity contribution in [3.8, 4) is 5.88 Å². The molecular weight excluding hydrogens is 360 g/mol. The molecule has 0 bridgehead atoms. The first-order chi connectivity index (χ1) is 13.9. The Kier molecular flexibility index (Phi) is 4.32. The Labute approximate surface area is 172 Å². The van der Waals surface area contributed by atoms with Crippen molar-refractivity contribution < 1.29 is 4.74 Å². The number of aromatic amines is 1. The number of nitrogens with one attached hydrogen (secondary N) is 2. The quantitative estimate of drug-likeness (QED) is 0.688. The minimum atomic E-state index is -0.234. The lowest BCUT2D eigenvalue weighted by Gasteiger charge is -2.45. The molecule has 3 aromatic rings. The number of benzene rings is 1. The maximum atomic E-state index is 5.84. The minimum absolute atomic E-state index is 0.234. The number of rotatable bonds is 3. The van der Waals surface area contributed by atoms with E-state index in [1.54, 1.807) is 0 Å². The third-order valence-corrected chi connectivity index (χ3v) is 6.24. The highest BCUT2D eigenvalue weighted by molar-refractivity contribution is 5.88. The fourth-order valence-electron chi connectivity index (χ4n) is 5.12. The minimum Gasteiger partial charge on any atom is -0.472 e. The summed E-state index contributed by atoms with van der Waals surface area (Å²) in [5.41, 5.74) is 5.06. The maximum absolute atomic E-state index is 5.84. The molecule has 2 N–H and O–H groups in total. The number of likely N-dealkylation sites (tertiary alicyclic amines) is 1. The fourth-order valence-corrected chi connectivity index (χ4v) is 5.12. The van der Waals surface area contributed by atoms with Gasteiger partial charge in [0.1, 0.15) is 5.60 Å². The van der Waals surface area contributed by atoms with E-state index in [1.165, 1.54) is 22.0 Å². The monoisotopic (exact) mass is 390 g/mol. The summed E-state index contributed by atoms with van der Waals surface area (Å²) in [6.07, 6.45) is 6.36. The van der Waals surface area contributed by atoms with Gasteiger partial charge in [-0.25, -0.2) is 4.98 Å². The average molecular weight is 391 g/mol. The molecule has 1 fully saturated rings. The van der Waals surface area contributed by atoms with E-state index in [9.17, 15) is 0 Å². The number of H-pyrrole nitrogens is 1. The summed E-state index contributed by atoms with van der Waals surface area (Å²) in [5.74, 6) is 1.22. The van der Waals surface area contributed by atoms with Crippen LogP contribution in [0.2, 0.25) is 0 Å². The molecule has 0 spiro atoms. The molecule has 1 unspecified atom stereocenters. The van der Waals surface area contributed by atoms with Crippen LogP contribution < -0.4 is 10.1 Å². The molecule has 5 nitrogen and oxygen atoms in total.